The molecule has 5 rings (SSSR count). The molecule has 1 fully saturated rings. The lowest BCUT2D eigenvalue weighted by Gasteiger charge is -2.31. The molecule has 0 unspecified atom stereocenters. The predicted octanol–water partition coefficient (Wildman–Crippen LogP) is 5.79. The summed E-state index contributed by atoms with van der Waals surface area (Å²) in [4.78, 5) is 6.96. The molecule has 2 aromatic heterocycles. The van der Waals surface area contributed by atoms with Gasteiger partial charge in [-0.1, -0.05) is 47.5 Å². The average Bonchev–Trinajstić information content (AvgIpc) is 3.33. The first-order chi connectivity index (χ1) is 15.6. The highest BCUT2D eigenvalue weighted by atomic mass is 35.5. The van der Waals surface area contributed by atoms with E-state index in [1.165, 1.54) is 0 Å². The Morgan fingerprint density at radius 3 is 2.56 bits per heavy atom. The summed E-state index contributed by atoms with van der Waals surface area (Å²) in [5.74, 6) is 1.91. The first-order valence-electron chi connectivity index (χ1n) is 10.7. The van der Waals surface area contributed by atoms with Crippen LogP contribution in [-0.4, -0.2) is 38.7 Å². The third-order valence-corrected chi connectivity index (χ3v) is 6.49. The molecule has 0 amide bonds. The Kier molecular flexibility index (Phi) is 6.20. The van der Waals surface area contributed by atoms with Gasteiger partial charge >= 0.3 is 5.84 Å². The van der Waals surface area contributed by atoms with Gasteiger partial charge in [-0.3, -0.25) is 4.90 Å². The minimum atomic E-state index is 0.269. The second-order valence-corrected chi connectivity index (χ2v) is 8.97. The van der Waals surface area contributed by atoms with E-state index in [9.17, 15) is 0 Å². The Morgan fingerprint density at radius 1 is 1.06 bits per heavy atom. The van der Waals surface area contributed by atoms with Crippen LogP contribution >= 0.6 is 23.2 Å². The van der Waals surface area contributed by atoms with Gasteiger partial charge in [0.2, 0.25) is 0 Å². The fraction of sp³-hybridized carbons (Fsp3) is 0.333. The highest BCUT2D eigenvalue weighted by molar-refractivity contribution is 6.33. The molecule has 0 N–H and O–H groups in total. The van der Waals surface area contributed by atoms with Gasteiger partial charge in [-0.05, 0) is 49.6 Å². The quantitative estimate of drug-likeness (QED) is 0.357. The Labute approximate surface area is 196 Å². The molecule has 0 aliphatic carbocycles. The number of halogens is 2. The Morgan fingerprint density at radius 2 is 1.81 bits per heavy atom. The van der Waals surface area contributed by atoms with Crippen LogP contribution in [0, 0.1) is 6.92 Å². The molecule has 1 saturated heterocycles. The van der Waals surface area contributed by atoms with Crippen LogP contribution in [0.5, 0.6) is 0 Å². The summed E-state index contributed by atoms with van der Waals surface area (Å²) < 4.78 is 13.8. The number of hydrogen-bond donors (Lipinski definition) is 0. The van der Waals surface area contributed by atoms with Gasteiger partial charge in [0.25, 0.3) is 0 Å². The molecule has 32 heavy (non-hydrogen) atoms. The SMILES string of the molecule is Cc1oc2nc(-c3ccccc3Cl)nn2c1CN1CCC(OCc2ccc(Cl)cc2)CC1. The van der Waals surface area contributed by atoms with Crippen molar-refractivity contribution in [2.75, 3.05) is 13.1 Å². The number of ether oxygens (including phenoxy) is 1. The Balaban J connectivity index is 1.22. The predicted molar refractivity (Wildman–Crippen MR) is 125 cm³/mol. The van der Waals surface area contributed by atoms with E-state index in [0.29, 0.717) is 23.3 Å². The van der Waals surface area contributed by atoms with Crippen LogP contribution in [0.15, 0.2) is 52.9 Å². The van der Waals surface area contributed by atoms with Gasteiger partial charge in [0, 0.05) is 30.2 Å². The van der Waals surface area contributed by atoms with Crippen molar-refractivity contribution in [3.63, 3.8) is 0 Å². The molecule has 3 heterocycles. The molecule has 8 heteroatoms. The van der Waals surface area contributed by atoms with E-state index in [1.807, 2.05) is 55.5 Å². The lowest BCUT2D eigenvalue weighted by atomic mass is 10.1. The summed E-state index contributed by atoms with van der Waals surface area (Å²) in [5, 5.41) is 6.05. The van der Waals surface area contributed by atoms with Crippen molar-refractivity contribution in [1.29, 1.82) is 0 Å². The minimum absolute atomic E-state index is 0.269. The van der Waals surface area contributed by atoms with Crippen molar-refractivity contribution in [2.45, 2.75) is 39.0 Å². The number of hydrogen-bond acceptors (Lipinski definition) is 5. The second-order valence-electron chi connectivity index (χ2n) is 8.13. The van der Waals surface area contributed by atoms with Crippen molar-refractivity contribution in [3.05, 3.63) is 75.6 Å². The van der Waals surface area contributed by atoms with E-state index >= 15 is 0 Å². The lowest BCUT2D eigenvalue weighted by Crippen LogP contribution is -2.37. The van der Waals surface area contributed by atoms with Crippen molar-refractivity contribution in [1.82, 2.24) is 19.5 Å². The molecular weight excluding hydrogens is 447 g/mol. The van der Waals surface area contributed by atoms with Gasteiger partial charge in [-0.2, -0.15) is 9.50 Å². The van der Waals surface area contributed by atoms with E-state index in [0.717, 1.165) is 60.1 Å². The third-order valence-electron chi connectivity index (χ3n) is 5.91. The first kappa shape index (κ1) is 21.5. The summed E-state index contributed by atoms with van der Waals surface area (Å²) in [6, 6.07) is 15.4. The number of likely N-dealkylation sites (tertiary alicyclic amines) is 1. The molecule has 4 aromatic rings. The number of aryl methyl sites for hydroxylation is 1. The van der Waals surface area contributed by atoms with Gasteiger partial charge in [0.05, 0.1) is 23.4 Å². The monoisotopic (exact) mass is 470 g/mol. The van der Waals surface area contributed by atoms with Crippen LogP contribution in [0.1, 0.15) is 29.9 Å². The van der Waals surface area contributed by atoms with E-state index in [1.54, 1.807) is 4.52 Å². The smallest absolute Gasteiger partial charge is 0.325 e. The number of rotatable bonds is 6. The van der Waals surface area contributed by atoms with E-state index in [2.05, 4.69) is 15.0 Å². The zero-order valence-electron chi connectivity index (χ0n) is 17.8. The van der Waals surface area contributed by atoms with Crippen molar-refractivity contribution in [3.8, 4) is 11.4 Å². The molecule has 0 radical (unpaired) electrons. The van der Waals surface area contributed by atoms with Crippen molar-refractivity contribution in [2.24, 2.45) is 0 Å². The topological polar surface area (TPSA) is 55.8 Å². The molecule has 0 spiro atoms. The molecular formula is C24H24Cl2N4O2. The largest absolute Gasteiger partial charge is 0.427 e. The number of nitrogens with zero attached hydrogens (tertiary/aromatic N) is 4. The molecule has 6 nitrogen and oxygen atoms in total. The number of piperidine rings is 1. The van der Waals surface area contributed by atoms with Crippen LogP contribution in [0.25, 0.3) is 17.2 Å². The molecule has 166 valence electrons. The molecule has 1 aliphatic heterocycles. The standard InChI is InChI=1S/C24H24Cl2N4O2/c1-16-22(30-24(32-16)27-23(28-30)20-4-2-3-5-21(20)26)14-29-12-10-19(11-13-29)31-15-17-6-8-18(25)9-7-17/h2-9,19H,10-15H2,1H3. The molecule has 1 aliphatic rings. The van der Waals surface area contributed by atoms with Crippen LogP contribution in [0.4, 0.5) is 0 Å². The molecule has 0 bridgehead atoms. The number of aromatic nitrogens is 3. The van der Waals surface area contributed by atoms with Crippen molar-refractivity contribution < 1.29 is 9.15 Å². The fourth-order valence-corrected chi connectivity index (χ4v) is 4.41. The highest BCUT2D eigenvalue weighted by Gasteiger charge is 2.24. The minimum Gasteiger partial charge on any atom is -0.427 e. The summed E-state index contributed by atoms with van der Waals surface area (Å²) in [6.07, 6.45) is 2.26. The second kappa shape index (κ2) is 9.24. The maximum Gasteiger partial charge on any atom is 0.325 e. The average molecular weight is 471 g/mol. The zero-order chi connectivity index (χ0) is 22.1. The van der Waals surface area contributed by atoms with Crippen LogP contribution in [0.2, 0.25) is 10.0 Å². The van der Waals surface area contributed by atoms with Crippen LogP contribution < -0.4 is 0 Å². The van der Waals surface area contributed by atoms with E-state index in [4.69, 9.17) is 32.4 Å². The van der Waals surface area contributed by atoms with Gasteiger partial charge in [0.15, 0.2) is 5.82 Å². The van der Waals surface area contributed by atoms with Gasteiger partial charge < -0.3 is 9.15 Å². The van der Waals surface area contributed by atoms with E-state index < -0.39 is 0 Å². The molecule has 2 aromatic carbocycles. The van der Waals surface area contributed by atoms with Crippen molar-refractivity contribution >= 4 is 29.0 Å². The normalized spacial score (nSPS) is 15.6. The third kappa shape index (κ3) is 4.55. The Hall–Kier alpha value is -2.38. The highest BCUT2D eigenvalue weighted by Crippen LogP contribution is 2.27. The van der Waals surface area contributed by atoms with Crippen LogP contribution in [0.3, 0.4) is 0 Å². The summed E-state index contributed by atoms with van der Waals surface area (Å²) in [7, 11) is 0. The van der Waals surface area contributed by atoms with Gasteiger partial charge in [0.1, 0.15) is 5.76 Å². The molecule has 0 saturated carbocycles. The summed E-state index contributed by atoms with van der Waals surface area (Å²) in [6.45, 7) is 5.26. The first-order valence-corrected chi connectivity index (χ1v) is 11.5. The molecule has 0 atom stereocenters. The summed E-state index contributed by atoms with van der Waals surface area (Å²) in [5.41, 5.74) is 2.97. The zero-order valence-corrected chi connectivity index (χ0v) is 19.3. The maximum atomic E-state index is 6.32. The number of oxazole rings is 1. The van der Waals surface area contributed by atoms with E-state index in [-0.39, 0.29) is 6.10 Å². The van der Waals surface area contributed by atoms with Gasteiger partial charge in [-0.25, -0.2) is 0 Å². The Bertz CT molecular complexity index is 1210. The van der Waals surface area contributed by atoms with Crippen LogP contribution in [-0.2, 0) is 17.9 Å². The number of benzene rings is 2. The van der Waals surface area contributed by atoms with Gasteiger partial charge in [-0.15, -0.1) is 5.10 Å². The number of fused-ring (bicyclic) bond motifs is 1. The maximum absolute atomic E-state index is 6.32. The fourth-order valence-electron chi connectivity index (χ4n) is 4.06. The lowest BCUT2D eigenvalue weighted by molar-refractivity contribution is -0.00428. The summed E-state index contributed by atoms with van der Waals surface area (Å²) >= 11 is 12.3.